The van der Waals surface area contributed by atoms with Crippen LogP contribution in [0.4, 0.5) is 0 Å². The normalized spacial score (nSPS) is 16.5. The molecule has 0 saturated heterocycles. The Morgan fingerprint density at radius 3 is 2.50 bits per heavy atom. The molecule has 1 N–H and O–H groups in total. The lowest BCUT2D eigenvalue weighted by Gasteiger charge is -2.38. The van der Waals surface area contributed by atoms with Gasteiger partial charge in [0, 0.05) is 19.5 Å². The molecule has 0 aliphatic carbocycles. The maximum atomic E-state index is 12.7. The number of benzene rings is 2. The van der Waals surface area contributed by atoms with Gasteiger partial charge >= 0.3 is 0 Å². The Morgan fingerprint density at radius 1 is 1.13 bits per heavy atom. The molecule has 0 saturated carbocycles. The highest BCUT2D eigenvalue weighted by Gasteiger charge is 2.32. The van der Waals surface area contributed by atoms with Crippen LogP contribution in [0.5, 0.6) is 5.75 Å². The van der Waals surface area contributed by atoms with Gasteiger partial charge < -0.3 is 15.0 Å². The molecule has 0 radical (unpaired) electrons. The number of nitrogens with one attached hydrogen (secondary N) is 1. The van der Waals surface area contributed by atoms with E-state index in [0.717, 1.165) is 17.5 Å². The van der Waals surface area contributed by atoms with Crippen molar-refractivity contribution in [3.63, 3.8) is 0 Å². The quantitative estimate of drug-likeness (QED) is 0.748. The van der Waals surface area contributed by atoms with E-state index in [1.165, 1.54) is 11.1 Å². The number of fused-ring (bicyclic) bond motifs is 1. The van der Waals surface area contributed by atoms with E-state index in [4.69, 9.17) is 4.74 Å². The first-order valence-corrected chi connectivity index (χ1v) is 10.9. The number of aryl methyl sites for hydroxylation is 1. The van der Waals surface area contributed by atoms with Gasteiger partial charge in [0.1, 0.15) is 5.75 Å². The van der Waals surface area contributed by atoms with Crippen molar-refractivity contribution >= 4 is 11.8 Å². The minimum absolute atomic E-state index is 0.101. The van der Waals surface area contributed by atoms with E-state index in [9.17, 15) is 9.59 Å². The number of nitrogens with zero attached hydrogens (tertiary/aromatic N) is 1. The molecule has 0 bridgehead atoms. The summed E-state index contributed by atoms with van der Waals surface area (Å²) in [5.74, 6) is 0.705. The minimum atomic E-state index is -0.530. The summed E-state index contributed by atoms with van der Waals surface area (Å²) in [6, 6.07) is 14.2. The lowest BCUT2D eigenvalue weighted by Crippen LogP contribution is -2.40. The molecule has 1 aliphatic heterocycles. The first-order chi connectivity index (χ1) is 14.5. The molecular weight excluding hydrogens is 376 g/mol. The van der Waals surface area contributed by atoms with Gasteiger partial charge in [0.25, 0.3) is 5.91 Å². The molecule has 2 aromatic rings. The molecule has 1 heterocycles. The number of ether oxygens (including phenoxy) is 1. The number of amides is 2. The molecule has 0 fully saturated rings. The van der Waals surface area contributed by atoms with Crippen molar-refractivity contribution in [2.45, 2.75) is 59.1 Å². The zero-order valence-corrected chi connectivity index (χ0v) is 18.4. The third-order valence-corrected chi connectivity index (χ3v) is 5.65. The SMILES string of the molecule is CCNC(=O)[C@H](CC)Oc1ccc2c(c1)[C@@H](c1ccc(C)cc1)N(C(=O)CC)CC2. The predicted molar refractivity (Wildman–Crippen MR) is 119 cm³/mol. The maximum absolute atomic E-state index is 12.7. The van der Waals surface area contributed by atoms with Crippen LogP contribution in [-0.4, -0.2) is 35.9 Å². The van der Waals surface area contributed by atoms with Gasteiger partial charge in [-0.2, -0.15) is 0 Å². The average molecular weight is 409 g/mol. The molecule has 5 heteroatoms. The first-order valence-electron chi connectivity index (χ1n) is 10.9. The van der Waals surface area contributed by atoms with Crippen molar-refractivity contribution in [3.05, 3.63) is 64.7 Å². The summed E-state index contributed by atoms with van der Waals surface area (Å²) in [6.07, 6.45) is 1.35. The number of rotatable bonds is 7. The maximum Gasteiger partial charge on any atom is 0.261 e. The molecule has 2 amide bonds. The smallest absolute Gasteiger partial charge is 0.261 e. The minimum Gasteiger partial charge on any atom is -0.481 e. The third-order valence-electron chi connectivity index (χ3n) is 5.65. The zero-order chi connectivity index (χ0) is 21.7. The molecule has 0 aromatic heterocycles. The summed E-state index contributed by atoms with van der Waals surface area (Å²) in [4.78, 5) is 27.0. The van der Waals surface area contributed by atoms with Crippen LogP contribution in [0, 0.1) is 6.92 Å². The summed E-state index contributed by atoms with van der Waals surface area (Å²) in [5, 5.41) is 2.83. The van der Waals surface area contributed by atoms with Crippen LogP contribution < -0.4 is 10.1 Å². The summed E-state index contributed by atoms with van der Waals surface area (Å²) in [7, 11) is 0. The Bertz CT molecular complexity index is 892. The first kappa shape index (κ1) is 21.9. The van der Waals surface area contributed by atoms with Crippen molar-refractivity contribution in [1.29, 1.82) is 0 Å². The van der Waals surface area contributed by atoms with E-state index in [-0.39, 0.29) is 17.9 Å². The van der Waals surface area contributed by atoms with Crippen LogP contribution >= 0.6 is 0 Å². The van der Waals surface area contributed by atoms with Gasteiger partial charge in [-0.05, 0) is 55.5 Å². The van der Waals surface area contributed by atoms with Crippen molar-refractivity contribution in [2.24, 2.45) is 0 Å². The number of carbonyl (C=O) groups excluding carboxylic acids is 2. The van der Waals surface area contributed by atoms with E-state index < -0.39 is 6.10 Å². The Labute approximate surface area is 179 Å². The average Bonchev–Trinajstić information content (AvgIpc) is 2.76. The predicted octanol–water partition coefficient (Wildman–Crippen LogP) is 4.17. The largest absolute Gasteiger partial charge is 0.481 e. The van der Waals surface area contributed by atoms with E-state index in [1.54, 1.807) is 0 Å². The Morgan fingerprint density at radius 2 is 1.87 bits per heavy atom. The fourth-order valence-electron chi connectivity index (χ4n) is 4.02. The van der Waals surface area contributed by atoms with Crippen molar-refractivity contribution in [1.82, 2.24) is 10.2 Å². The molecular formula is C25H32N2O3. The Kier molecular flexibility index (Phi) is 7.14. The van der Waals surface area contributed by atoms with Gasteiger partial charge in [-0.1, -0.05) is 49.7 Å². The van der Waals surface area contributed by atoms with Gasteiger partial charge in [0.05, 0.1) is 6.04 Å². The monoisotopic (exact) mass is 408 g/mol. The summed E-state index contributed by atoms with van der Waals surface area (Å²) < 4.78 is 6.05. The fraction of sp³-hybridized carbons (Fsp3) is 0.440. The molecule has 0 unspecified atom stereocenters. The van der Waals surface area contributed by atoms with Gasteiger partial charge in [0.15, 0.2) is 6.10 Å². The second kappa shape index (κ2) is 9.79. The van der Waals surface area contributed by atoms with Crippen molar-refractivity contribution in [3.8, 4) is 5.75 Å². The fourth-order valence-corrected chi connectivity index (χ4v) is 4.02. The van der Waals surface area contributed by atoms with Crippen LogP contribution in [0.15, 0.2) is 42.5 Å². The standard InChI is InChI=1S/C25H32N2O3/c1-5-22(25(29)26-7-3)30-20-13-12-18-14-15-27(23(28)6-2)24(21(18)16-20)19-10-8-17(4)9-11-19/h8-13,16,22,24H,5-7,14-15H2,1-4H3,(H,26,29)/t22-,24+/m0/s1. The molecule has 3 rings (SSSR count). The van der Waals surface area contributed by atoms with E-state index in [0.29, 0.717) is 31.7 Å². The van der Waals surface area contributed by atoms with Crippen LogP contribution in [0.3, 0.4) is 0 Å². The van der Waals surface area contributed by atoms with Crippen LogP contribution in [0.25, 0.3) is 0 Å². The van der Waals surface area contributed by atoms with Gasteiger partial charge in [-0.3, -0.25) is 9.59 Å². The second-order valence-electron chi connectivity index (χ2n) is 7.77. The molecule has 2 atom stereocenters. The third kappa shape index (κ3) is 4.66. The lowest BCUT2D eigenvalue weighted by molar-refractivity contribution is -0.133. The highest BCUT2D eigenvalue weighted by Crippen LogP contribution is 2.37. The van der Waals surface area contributed by atoms with E-state index in [2.05, 4.69) is 42.6 Å². The van der Waals surface area contributed by atoms with Crippen LogP contribution in [-0.2, 0) is 16.0 Å². The number of likely N-dealkylation sites (N-methyl/N-ethyl adjacent to an activating group) is 1. The topological polar surface area (TPSA) is 58.6 Å². The highest BCUT2D eigenvalue weighted by molar-refractivity contribution is 5.81. The summed E-state index contributed by atoms with van der Waals surface area (Å²) in [5.41, 5.74) is 4.58. The molecule has 160 valence electrons. The summed E-state index contributed by atoms with van der Waals surface area (Å²) >= 11 is 0. The Hall–Kier alpha value is -2.82. The summed E-state index contributed by atoms with van der Waals surface area (Å²) in [6.45, 7) is 9.08. The van der Waals surface area contributed by atoms with Gasteiger partial charge in [-0.25, -0.2) is 0 Å². The number of hydrogen-bond donors (Lipinski definition) is 1. The van der Waals surface area contributed by atoms with Gasteiger partial charge in [0.2, 0.25) is 5.91 Å². The lowest BCUT2D eigenvalue weighted by atomic mass is 9.87. The van der Waals surface area contributed by atoms with E-state index >= 15 is 0 Å². The Balaban J connectivity index is 1.99. The number of hydrogen-bond acceptors (Lipinski definition) is 3. The van der Waals surface area contributed by atoms with Gasteiger partial charge in [-0.15, -0.1) is 0 Å². The zero-order valence-electron chi connectivity index (χ0n) is 18.4. The van der Waals surface area contributed by atoms with Crippen LogP contribution in [0.2, 0.25) is 0 Å². The highest BCUT2D eigenvalue weighted by atomic mass is 16.5. The van der Waals surface area contributed by atoms with Crippen molar-refractivity contribution < 1.29 is 14.3 Å². The molecule has 1 aliphatic rings. The molecule has 5 nitrogen and oxygen atoms in total. The second-order valence-corrected chi connectivity index (χ2v) is 7.77. The van der Waals surface area contributed by atoms with Crippen molar-refractivity contribution in [2.75, 3.05) is 13.1 Å². The molecule has 2 aromatic carbocycles. The number of carbonyl (C=O) groups is 2. The molecule has 0 spiro atoms. The van der Waals surface area contributed by atoms with Crippen LogP contribution in [0.1, 0.15) is 61.9 Å². The molecule has 30 heavy (non-hydrogen) atoms. The van der Waals surface area contributed by atoms with E-state index in [1.807, 2.05) is 37.8 Å².